The highest BCUT2D eigenvalue weighted by Gasteiger charge is 2.20. The van der Waals surface area contributed by atoms with Crippen LogP contribution < -0.4 is 10.2 Å². The van der Waals surface area contributed by atoms with E-state index in [1.165, 1.54) is 110 Å². The Hall–Kier alpha value is -0.340. The molecule has 0 aromatic rings. The summed E-state index contributed by atoms with van der Waals surface area (Å²) in [6.07, 6.45) is 23.3. The topological polar surface area (TPSA) is 96.9 Å². The predicted octanol–water partition coefficient (Wildman–Crippen LogP) is 6.80. The molecular weight excluding hydrogens is 527 g/mol. The molecule has 0 spiro atoms. The van der Waals surface area contributed by atoms with Gasteiger partial charge in [0.05, 0.1) is 34.3 Å². The van der Waals surface area contributed by atoms with E-state index in [-0.39, 0.29) is 32.1 Å². The summed E-state index contributed by atoms with van der Waals surface area (Å²) in [5.74, 6) is -0.0250. The van der Waals surface area contributed by atoms with Crippen LogP contribution in [-0.2, 0) is 23.1 Å². The Morgan fingerprint density at radius 3 is 1.65 bits per heavy atom. The minimum Gasteiger partial charge on any atom is -0.756 e. The number of carbonyl (C=O) groups is 1. The number of Topliss-reactive ketones (excluding diaryl/α,β-unsaturated/α-hetero) is 1. The maximum atomic E-state index is 12.3. The minimum absolute atomic E-state index is 0.0250. The van der Waals surface area contributed by atoms with Crippen molar-refractivity contribution in [2.24, 2.45) is 0 Å². The summed E-state index contributed by atoms with van der Waals surface area (Å²) >= 11 is 0. The predicted molar refractivity (Wildman–Crippen MR) is 164 cm³/mol. The number of unbranched alkanes of at least 4 members (excludes halogenated alkanes) is 17. The zero-order valence-corrected chi connectivity index (χ0v) is 27.8. The first-order chi connectivity index (χ1) is 19.1. The third kappa shape index (κ3) is 30.6. The number of likely N-dealkylation sites (N-methyl/N-ethyl adjacent to an activating group) is 1. The lowest BCUT2D eigenvalue weighted by atomic mass is 10.0. The summed E-state index contributed by atoms with van der Waals surface area (Å²) < 4.78 is 28.8. The molecule has 2 atom stereocenters. The normalized spacial score (nSPS) is 14.3. The molecule has 8 nitrogen and oxygen atoms in total. The van der Waals surface area contributed by atoms with Crippen molar-refractivity contribution in [3.63, 3.8) is 0 Å². The number of rotatable bonds is 31. The third-order valence-electron chi connectivity index (χ3n) is 6.98. The Morgan fingerprint density at radius 2 is 1.23 bits per heavy atom. The second-order valence-electron chi connectivity index (χ2n) is 12.4. The van der Waals surface area contributed by atoms with Gasteiger partial charge < -0.3 is 28.5 Å². The number of hydrogen-bond acceptors (Lipinski definition) is 7. The zero-order valence-electron chi connectivity index (χ0n) is 26.9. The van der Waals surface area contributed by atoms with Gasteiger partial charge in [-0.2, -0.15) is 0 Å². The minimum atomic E-state index is -4.46. The molecule has 0 aromatic heterocycles. The quantitative estimate of drug-likeness (QED) is 0.0537. The molecular formula is C31H65N2O6P. The molecule has 0 aromatic carbocycles. The van der Waals surface area contributed by atoms with Crippen LogP contribution in [0.5, 0.6) is 0 Å². The van der Waals surface area contributed by atoms with Crippen LogP contribution in [-0.4, -0.2) is 77.0 Å². The summed E-state index contributed by atoms with van der Waals surface area (Å²) in [4.78, 5) is 23.5. The first-order valence-electron chi connectivity index (χ1n) is 16.3. The highest BCUT2D eigenvalue weighted by atomic mass is 31.2. The summed E-state index contributed by atoms with van der Waals surface area (Å²) in [5, 5.41) is 2.93. The first kappa shape index (κ1) is 39.7. The van der Waals surface area contributed by atoms with E-state index in [1.54, 1.807) is 0 Å². The van der Waals surface area contributed by atoms with E-state index in [9.17, 15) is 14.3 Å². The van der Waals surface area contributed by atoms with Crippen LogP contribution in [0.1, 0.15) is 129 Å². The fraction of sp³-hybridized carbons (Fsp3) is 0.968. The van der Waals surface area contributed by atoms with Gasteiger partial charge in [-0.05, 0) is 13.3 Å². The van der Waals surface area contributed by atoms with Crippen LogP contribution in [0.2, 0.25) is 0 Å². The standard InChI is InChI=1S/C31H65N2O6P/c1-6-7-8-9-10-11-12-13-14-15-16-17-18-19-20-21-22-23-25-37-29-31(28-32-27-30(2)34)39-40(35,36)38-26-24-33(3,4)5/h31-32H,6-29H2,1-5H3. The van der Waals surface area contributed by atoms with Crippen molar-refractivity contribution in [2.45, 2.75) is 136 Å². The Labute approximate surface area is 247 Å². The molecule has 0 aliphatic carbocycles. The van der Waals surface area contributed by atoms with Gasteiger partial charge in [0.1, 0.15) is 25.0 Å². The highest BCUT2D eigenvalue weighted by Crippen LogP contribution is 2.39. The molecule has 240 valence electrons. The Balaban J connectivity index is 3.79. The van der Waals surface area contributed by atoms with Gasteiger partial charge in [0, 0.05) is 13.2 Å². The lowest BCUT2D eigenvalue weighted by Gasteiger charge is -2.30. The molecule has 0 fully saturated rings. The van der Waals surface area contributed by atoms with Gasteiger partial charge in [0.25, 0.3) is 7.82 Å². The van der Waals surface area contributed by atoms with Crippen LogP contribution in [0, 0.1) is 0 Å². The van der Waals surface area contributed by atoms with Crippen molar-refractivity contribution < 1.29 is 32.5 Å². The fourth-order valence-electron chi connectivity index (χ4n) is 4.50. The molecule has 0 saturated carbocycles. The number of ketones is 1. The van der Waals surface area contributed by atoms with E-state index in [4.69, 9.17) is 13.8 Å². The van der Waals surface area contributed by atoms with Crippen molar-refractivity contribution in [1.82, 2.24) is 5.32 Å². The number of quaternary nitrogens is 1. The molecule has 0 heterocycles. The Bertz CT molecular complexity index is 629. The number of ether oxygens (including phenoxy) is 1. The smallest absolute Gasteiger partial charge is 0.268 e. The lowest BCUT2D eigenvalue weighted by molar-refractivity contribution is -0.870. The van der Waals surface area contributed by atoms with Crippen LogP contribution >= 0.6 is 7.82 Å². The van der Waals surface area contributed by atoms with Crippen molar-refractivity contribution >= 4 is 13.6 Å². The van der Waals surface area contributed by atoms with Crippen molar-refractivity contribution in [3.8, 4) is 0 Å². The Kier molecular flexibility index (Phi) is 26.1. The van der Waals surface area contributed by atoms with Gasteiger partial charge in [-0.1, -0.05) is 116 Å². The largest absolute Gasteiger partial charge is 0.756 e. The molecule has 40 heavy (non-hydrogen) atoms. The average molecular weight is 593 g/mol. The molecule has 2 unspecified atom stereocenters. The number of hydrogen-bond donors (Lipinski definition) is 1. The molecule has 0 aliphatic heterocycles. The number of phosphoric acid groups is 1. The van der Waals surface area contributed by atoms with Gasteiger partial charge in [0.15, 0.2) is 0 Å². The number of carbonyl (C=O) groups excluding carboxylic acids is 1. The lowest BCUT2D eigenvalue weighted by Crippen LogP contribution is -2.38. The number of nitrogens with zero attached hydrogens (tertiary/aromatic N) is 1. The van der Waals surface area contributed by atoms with E-state index in [2.05, 4.69) is 12.2 Å². The maximum absolute atomic E-state index is 12.3. The Morgan fingerprint density at radius 1 is 0.775 bits per heavy atom. The number of phosphoric ester groups is 1. The molecule has 0 rings (SSSR count). The molecule has 0 radical (unpaired) electrons. The second kappa shape index (κ2) is 26.3. The van der Waals surface area contributed by atoms with E-state index in [0.29, 0.717) is 17.6 Å². The SMILES string of the molecule is CCCCCCCCCCCCCCCCCCCCOCC(CNCC(C)=O)OP(=O)([O-])OCC[N+](C)(C)C. The number of nitrogens with one attached hydrogen (secondary N) is 1. The van der Waals surface area contributed by atoms with Gasteiger partial charge in [-0.25, -0.2) is 0 Å². The first-order valence-corrected chi connectivity index (χ1v) is 17.7. The summed E-state index contributed by atoms with van der Waals surface area (Å²) in [7, 11) is 1.42. The van der Waals surface area contributed by atoms with Crippen molar-refractivity contribution in [1.29, 1.82) is 0 Å². The zero-order chi connectivity index (χ0) is 30.0. The summed E-state index contributed by atoms with van der Waals surface area (Å²) in [6.45, 7) is 5.40. The second-order valence-corrected chi connectivity index (χ2v) is 13.8. The van der Waals surface area contributed by atoms with Crippen molar-refractivity contribution in [2.75, 3.05) is 60.6 Å². The van der Waals surface area contributed by atoms with Gasteiger partial charge in [0.2, 0.25) is 0 Å². The van der Waals surface area contributed by atoms with Gasteiger partial charge in [-0.15, -0.1) is 0 Å². The third-order valence-corrected chi connectivity index (χ3v) is 8.04. The molecule has 9 heteroatoms. The van der Waals surface area contributed by atoms with Crippen LogP contribution in [0.3, 0.4) is 0 Å². The monoisotopic (exact) mass is 592 g/mol. The van der Waals surface area contributed by atoms with E-state index >= 15 is 0 Å². The summed E-state index contributed by atoms with van der Waals surface area (Å²) in [5.41, 5.74) is 0. The summed E-state index contributed by atoms with van der Waals surface area (Å²) in [6, 6.07) is 0. The van der Waals surface area contributed by atoms with E-state index in [0.717, 1.165) is 12.8 Å². The molecule has 0 bridgehead atoms. The maximum Gasteiger partial charge on any atom is 0.268 e. The average Bonchev–Trinajstić information content (AvgIpc) is 2.86. The van der Waals surface area contributed by atoms with E-state index < -0.39 is 13.9 Å². The molecule has 0 aliphatic rings. The molecule has 1 N–H and O–H groups in total. The highest BCUT2D eigenvalue weighted by molar-refractivity contribution is 7.45. The van der Waals surface area contributed by atoms with Crippen molar-refractivity contribution in [3.05, 3.63) is 0 Å². The van der Waals surface area contributed by atoms with Crippen LogP contribution in [0.25, 0.3) is 0 Å². The van der Waals surface area contributed by atoms with Gasteiger partial charge in [-0.3, -0.25) is 9.36 Å². The van der Waals surface area contributed by atoms with Crippen LogP contribution in [0.4, 0.5) is 0 Å². The van der Waals surface area contributed by atoms with Crippen LogP contribution in [0.15, 0.2) is 0 Å². The van der Waals surface area contributed by atoms with Gasteiger partial charge >= 0.3 is 0 Å². The fourth-order valence-corrected chi connectivity index (χ4v) is 5.36. The van der Waals surface area contributed by atoms with E-state index in [1.807, 2.05) is 21.1 Å². The molecule has 0 amide bonds. The molecule has 0 saturated heterocycles.